The fourth-order valence-electron chi connectivity index (χ4n) is 5.28. The molecule has 314 valence electrons. The maximum absolute atomic E-state index is 12.6. The monoisotopic (exact) mass is 787 g/mol. The Labute approximate surface area is 326 Å². The van der Waals surface area contributed by atoms with Gasteiger partial charge in [-0.05, 0) is 50.9 Å². The van der Waals surface area contributed by atoms with Crippen molar-refractivity contribution >= 4 is 19.8 Å². The second-order valence-electron chi connectivity index (χ2n) is 14.3. The van der Waals surface area contributed by atoms with Crippen molar-refractivity contribution in [3.8, 4) is 0 Å². The van der Waals surface area contributed by atoms with Crippen LogP contribution in [0, 0.1) is 5.92 Å². The van der Waals surface area contributed by atoms with Gasteiger partial charge in [0.25, 0.3) is 0 Å². The summed E-state index contributed by atoms with van der Waals surface area (Å²) in [6, 6.07) is 0. The number of hydrogen-bond donors (Lipinski definition) is 4. The Balaban J connectivity index is 4.55. The SMILES string of the molecule is CCCCC/C=C\C/C=C\C/C=C\C=C\[C@H](O)CCCC(=O)O[C@H](COC(=O)CCCCCCCCCCCCC(C)C)COP(=O)(O)OC[C@@H](O)CO. The highest BCUT2D eigenvalue weighted by Crippen LogP contribution is 2.43. The molecule has 0 aliphatic rings. The summed E-state index contributed by atoms with van der Waals surface area (Å²) < 4.78 is 32.5. The molecule has 0 fully saturated rings. The first-order valence-electron chi connectivity index (χ1n) is 20.6. The number of aliphatic hydroxyl groups is 3. The Bertz CT molecular complexity index is 1070. The highest BCUT2D eigenvalue weighted by atomic mass is 31.2. The Kier molecular flexibility index (Phi) is 35.1. The fraction of sp³-hybridized carbons (Fsp3) is 0.762. The number of carbonyl (C=O) groups excluding carboxylic acids is 2. The minimum atomic E-state index is -4.67. The van der Waals surface area contributed by atoms with Gasteiger partial charge >= 0.3 is 19.8 Å². The largest absolute Gasteiger partial charge is 0.472 e. The van der Waals surface area contributed by atoms with Crippen LogP contribution in [0.1, 0.15) is 156 Å². The standard InChI is InChI=1S/C42H75O11P/c1-4-5-6-7-8-9-10-11-12-16-19-22-25-29-38(44)30-27-32-42(47)53-40(36-52-54(48,49)51-34-39(45)33-43)35-50-41(46)31-26-23-20-17-14-13-15-18-21-24-28-37(2)3/h8-9,11-12,19,22,25,29,37-40,43-45H,4-7,10,13-18,20-21,23-24,26-28,30-36H2,1-3H3,(H,48,49)/b9-8-,12-11-,22-19-,29-25+/t38-,39-,40+/m0/s1. The molecule has 0 radical (unpaired) electrons. The third-order valence-electron chi connectivity index (χ3n) is 8.52. The molecule has 0 aliphatic heterocycles. The van der Waals surface area contributed by atoms with E-state index in [0.717, 1.165) is 44.4 Å². The average molecular weight is 787 g/mol. The van der Waals surface area contributed by atoms with E-state index >= 15 is 0 Å². The topological polar surface area (TPSA) is 169 Å². The van der Waals surface area contributed by atoms with Crippen LogP contribution in [0.3, 0.4) is 0 Å². The van der Waals surface area contributed by atoms with Crippen molar-refractivity contribution in [2.24, 2.45) is 5.92 Å². The molecule has 4 N–H and O–H groups in total. The van der Waals surface area contributed by atoms with Crippen molar-refractivity contribution in [3.63, 3.8) is 0 Å². The lowest BCUT2D eigenvalue weighted by Crippen LogP contribution is -2.30. The van der Waals surface area contributed by atoms with E-state index in [2.05, 4.69) is 49.6 Å². The fourth-order valence-corrected chi connectivity index (χ4v) is 6.07. The summed E-state index contributed by atoms with van der Waals surface area (Å²) in [7, 11) is -4.67. The number of ether oxygens (including phenoxy) is 2. The van der Waals surface area contributed by atoms with E-state index in [1.54, 1.807) is 12.2 Å². The molecular weight excluding hydrogens is 711 g/mol. The Morgan fingerprint density at radius 2 is 1.26 bits per heavy atom. The number of allylic oxidation sites excluding steroid dienone is 7. The summed E-state index contributed by atoms with van der Waals surface area (Å²) in [5, 5.41) is 28.6. The molecule has 0 rings (SSSR count). The lowest BCUT2D eigenvalue weighted by molar-refractivity contribution is -0.161. The van der Waals surface area contributed by atoms with Crippen molar-refractivity contribution in [3.05, 3.63) is 48.6 Å². The summed E-state index contributed by atoms with van der Waals surface area (Å²) in [5.41, 5.74) is 0. The first-order valence-corrected chi connectivity index (χ1v) is 22.1. The molecule has 0 saturated heterocycles. The zero-order chi connectivity index (χ0) is 40.1. The van der Waals surface area contributed by atoms with Crippen LogP contribution in [0.15, 0.2) is 48.6 Å². The minimum Gasteiger partial charge on any atom is -0.462 e. The van der Waals surface area contributed by atoms with Gasteiger partial charge in [-0.1, -0.05) is 146 Å². The average Bonchev–Trinajstić information content (AvgIpc) is 3.13. The van der Waals surface area contributed by atoms with Gasteiger partial charge in [-0.25, -0.2) is 4.57 Å². The molecule has 0 aromatic carbocycles. The minimum absolute atomic E-state index is 0.0445. The summed E-state index contributed by atoms with van der Waals surface area (Å²) in [4.78, 5) is 34.9. The molecule has 0 aromatic heterocycles. The molecule has 1 unspecified atom stereocenters. The number of aliphatic hydroxyl groups excluding tert-OH is 3. The second-order valence-corrected chi connectivity index (χ2v) is 15.8. The van der Waals surface area contributed by atoms with Gasteiger partial charge in [-0.3, -0.25) is 18.6 Å². The summed E-state index contributed by atoms with van der Waals surface area (Å²) in [5.74, 6) is -0.351. The van der Waals surface area contributed by atoms with Crippen LogP contribution in [0.25, 0.3) is 0 Å². The highest BCUT2D eigenvalue weighted by Gasteiger charge is 2.27. The molecular formula is C42H75O11P. The highest BCUT2D eigenvalue weighted by molar-refractivity contribution is 7.47. The zero-order valence-corrected chi connectivity index (χ0v) is 34.6. The first-order chi connectivity index (χ1) is 26.0. The van der Waals surface area contributed by atoms with Crippen LogP contribution < -0.4 is 0 Å². The van der Waals surface area contributed by atoms with Crippen molar-refractivity contribution in [2.45, 2.75) is 174 Å². The Morgan fingerprint density at radius 1 is 0.667 bits per heavy atom. The quantitative estimate of drug-likeness (QED) is 0.0156. The van der Waals surface area contributed by atoms with Gasteiger partial charge in [0.1, 0.15) is 12.7 Å². The summed E-state index contributed by atoms with van der Waals surface area (Å²) in [6.07, 6.45) is 32.6. The smallest absolute Gasteiger partial charge is 0.462 e. The lowest BCUT2D eigenvalue weighted by atomic mass is 10.0. The molecule has 12 heteroatoms. The molecule has 0 spiro atoms. The molecule has 0 saturated carbocycles. The van der Waals surface area contributed by atoms with Gasteiger partial charge in [-0.15, -0.1) is 0 Å². The number of unbranched alkanes of at least 4 members (excludes halogenated alkanes) is 12. The van der Waals surface area contributed by atoms with Crippen LogP contribution in [0.5, 0.6) is 0 Å². The van der Waals surface area contributed by atoms with E-state index in [1.807, 2.05) is 12.2 Å². The van der Waals surface area contributed by atoms with Crippen molar-refractivity contribution in [1.29, 1.82) is 0 Å². The Hall–Kier alpha value is -2.11. The van der Waals surface area contributed by atoms with E-state index in [4.69, 9.17) is 19.1 Å². The number of esters is 2. The van der Waals surface area contributed by atoms with Crippen molar-refractivity contribution in [2.75, 3.05) is 26.4 Å². The van der Waals surface area contributed by atoms with Crippen LogP contribution in [0.4, 0.5) is 0 Å². The van der Waals surface area contributed by atoms with Crippen LogP contribution in [-0.2, 0) is 32.7 Å². The van der Waals surface area contributed by atoms with Gasteiger partial charge < -0.3 is 29.7 Å². The number of phosphoric ester groups is 1. The third-order valence-corrected chi connectivity index (χ3v) is 9.47. The predicted molar refractivity (Wildman–Crippen MR) is 216 cm³/mol. The Morgan fingerprint density at radius 3 is 1.91 bits per heavy atom. The normalized spacial score (nSPS) is 15.1. The molecule has 0 amide bonds. The number of hydrogen-bond acceptors (Lipinski definition) is 10. The van der Waals surface area contributed by atoms with E-state index in [-0.39, 0.29) is 19.4 Å². The molecule has 0 heterocycles. The molecule has 0 bridgehead atoms. The van der Waals surface area contributed by atoms with Crippen molar-refractivity contribution < 1.29 is 52.9 Å². The zero-order valence-electron chi connectivity index (χ0n) is 33.7. The van der Waals surface area contributed by atoms with Crippen LogP contribution in [-0.4, -0.2) is 76.9 Å². The molecule has 0 aliphatic carbocycles. The van der Waals surface area contributed by atoms with Gasteiger partial charge in [0, 0.05) is 12.8 Å². The van der Waals surface area contributed by atoms with E-state index < -0.39 is 57.9 Å². The molecule has 0 aromatic rings. The number of rotatable bonds is 37. The van der Waals surface area contributed by atoms with Crippen molar-refractivity contribution in [1.82, 2.24) is 0 Å². The van der Waals surface area contributed by atoms with Crippen LogP contribution in [0.2, 0.25) is 0 Å². The van der Waals surface area contributed by atoms with Gasteiger partial charge in [0.15, 0.2) is 6.10 Å². The van der Waals surface area contributed by atoms with Crippen LogP contribution >= 0.6 is 7.82 Å². The number of carbonyl (C=O) groups is 2. The summed E-state index contributed by atoms with van der Waals surface area (Å²) in [6.45, 7) is 4.41. The summed E-state index contributed by atoms with van der Waals surface area (Å²) >= 11 is 0. The predicted octanol–water partition coefficient (Wildman–Crippen LogP) is 9.38. The van der Waals surface area contributed by atoms with E-state index in [9.17, 15) is 29.3 Å². The maximum Gasteiger partial charge on any atom is 0.472 e. The van der Waals surface area contributed by atoms with E-state index in [0.29, 0.717) is 19.3 Å². The first kappa shape index (κ1) is 51.9. The molecule has 11 nitrogen and oxygen atoms in total. The third kappa shape index (κ3) is 36.8. The molecule has 4 atom stereocenters. The second kappa shape index (κ2) is 36.5. The van der Waals surface area contributed by atoms with Gasteiger partial charge in [-0.2, -0.15) is 0 Å². The van der Waals surface area contributed by atoms with E-state index in [1.165, 1.54) is 64.2 Å². The van der Waals surface area contributed by atoms with Gasteiger partial charge in [0.2, 0.25) is 0 Å². The number of phosphoric acid groups is 1. The molecule has 54 heavy (non-hydrogen) atoms. The lowest BCUT2D eigenvalue weighted by Gasteiger charge is -2.20. The maximum atomic E-state index is 12.6. The van der Waals surface area contributed by atoms with Gasteiger partial charge in [0.05, 0.1) is 25.9 Å².